The van der Waals surface area contributed by atoms with Gasteiger partial charge in [-0.1, -0.05) is 24.3 Å². The molecule has 30 heavy (non-hydrogen) atoms. The lowest BCUT2D eigenvalue weighted by molar-refractivity contribution is -0.114. The molecule has 9 heteroatoms. The zero-order valence-corrected chi connectivity index (χ0v) is 16.4. The van der Waals surface area contributed by atoms with Crippen LogP contribution in [0.1, 0.15) is 5.56 Å². The van der Waals surface area contributed by atoms with E-state index in [1.54, 1.807) is 24.3 Å². The molecule has 0 saturated carbocycles. The molecule has 156 valence electrons. The maximum atomic E-state index is 12.2. The van der Waals surface area contributed by atoms with Gasteiger partial charge in [-0.15, -0.1) is 5.11 Å². The number of ether oxygens (including phenoxy) is 1. The van der Waals surface area contributed by atoms with Crippen LogP contribution in [0.2, 0.25) is 0 Å². The second-order valence-electron chi connectivity index (χ2n) is 7.03. The smallest absolute Gasteiger partial charge is 0.252 e. The number of amides is 1. The number of anilines is 2. The predicted octanol–water partition coefficient (Wildman–Crippen LogP) is 1.92. The van der Waals surface area contributed by atoms with Crippen LogP contribution in [0.3, 0.4) is 0 Å². The van der Waals surface area contributed by atoms with E-state index in [2.05, 4.69) is 25.8 Å². The second kappa shape index (κ2) is 8.83. The molecular formula is C21H24N6O3. The Kier molecular flexibility index (Phi) is 5.80. The van der Waals surface area contributed by atoms with Crippen molar-refractivity contribution in [2.24, 2.45) is 16.0 Å². The third-order valence-electron chi connectivity index (χ3n) is 5.01. The first-order valence-corrected chi connectivity index (χ1v) is 9.76. The zero-order valence-electron chi connectivity index (χ0n) is 16.4. The molecular weight excluding hydrogens is 384 g/mol. The van der Waals surface area contributed by atoms with Crippen LogP contribution in [0.25, 0.3) is 0 Å². The van der Waals surface area contributed by atoms with E-state index in [0.29, 0.717) is 25.6 Å². The molecule has 0 radical (unpaired) electrons. The number of carbonyl (C=O) groups is 1. The van der Waals surface area contributed by atoms with Gasteiger partial charge in [-0.2, -0.15) is 5.11 Å². The number of phenolic OH excluding ortho intramolecular Hbond substituents is 1. The van der Waals surface area contributed by atoms with Crippen LogP contribution >= 0.6 is 0 Å². The summed E-state index contributed by atoms with van der Waals surface area (Å²) in [6.07, 6.45) is -0.674. The van der Waals surface area contributed by atoms with Gasteiger partial charge in [0, 0.05) is 19.6 Å². The molecule has 2 aliphatic heterocycles. The highest BCUT2D eigenvalue weighted by molar-refractivity contribution is 5.95. The van der Waals surface area contributed by atoms with Crippen molar-refractivity contribution in [2.75, 3.05) is 36.5 Å². The van der Waals surface area contributed by atoms with Gasteiger partial charge in [0.1, 0.15) is 11.3 Å². The van der Waals surface area contributed by atoms with Crippen LogP contribution in [-0.2, 0) is 16.1 Å². The topological polar surface area (TPSA) is 125 Å². The first-order chi connectivity index (χ1) is 14.6. The van der Waals surface area contributed by atoms with E-state index in [1.165, 1.54) is 0 Å². The van der Waals surface area contributed by atoms with E-state index in [0.717, 1.165) is 30.0 Å². The molecule has 9 nitrogen and oxygen atoms in total. The standard InChI is InChI=1S/C21H24N6O3/c22-19(29)18-20(23-13-14-5-7-15(28)8-6-14)25-26-21(18)24-16-3-1-2-4-17(16)27-9-11-30-12-10-27/h1-8,21,23-24,28H,9-13H2,(H2,22,29). The average Bonchev–Trinajstić information content (AvgIpc) is 3.17. The number of aromatic hydroxyl groups is 1. The van der Waals surface area contributed by atoms with Gasteiger partial charge < -0.3 is 31.1 Å². The Bertz CT molecular complexity index is 967. The van der Waals surface area contributed by atoms with Gasteiger partial charge in [0.2, 0.25) is 0 Å². The van der Waals surface area contributed by atoms with Crippen molar-refractivity contribution in [2.45, 2.75) is 12.7 Å². The lowest BCUT2D eigenvalue weighted by atomic mass is 10.1. The van der Waals surface area contributed by atoms with Gasteiger partial charge in [0.15, 0.2) is 12.0 Å². The molecule has 0 aromatic heterocycles. The molecule has 0 aliphatic carbocycles. The number of nitrogens with zero attached hydrogens (tertiary/aromatic N) is 3. The number of morpholine rings is 1. The summed E-state index contributed by atoms with van der Waals surface area (Å²) in [6.45, 7) is 3.36. The van der Waals surface area contributed by atoms with Crippen LogP contribution in [0.15, 0.2) is 70.2 Å². The van der Waals surface area contributed by atoms with Crippen molar-refractivity contribution >= 4 is 17.3 Å². The highest BCUT2D eigenvalue weighted by Gasteiger charge is 2.29. The first kappa shape index (κ1) is 19.7. The quantitative estimate of drug-likeness (QED) is 0.555. The third kappa shape index (κ3) is 4.36. The fourth-order valence-corrected chi connectivity index (χ4v) is 3.46. The van der Waals surface area contributed by atoms with E-state index in [4.69, 9.17) is 10.5 Å². The first-order valence-electron chi connectivity index (χ1n) is 9.76. The third-order valence-corrected chi connectivity index (χ3v) is 5.01. The van der Waals surface area contributed by atoms with Crippen LogP contribution in [0.5, 0.6) is 5.75 Å². The number of nitrogens with two attached hydrogens (primary N) is 1. The maximum absolute atomic E-state index is 12.2. The molecule has 2 aromatic carbocycles. The van der Waals surface area contributed by atoms with Crippen LogP contribution in [-0.4, -0.2) is 43.5 Å². The molecule has 1 atom stereocenters. The largest absolute Gasteiger partial charge is 0.508 e. The Hall–Kier alpha value is -3.59. The number of primary amides is 1. The van der Waals surface area contributed by atoms with E-state index >= 15 is 0 Å². The summed E-state index contributed by atoms with van der Waals surface area (Å²) in [7, 11) is 0. The molecule has 2 aliphatic rings. The van der Waals surface area contributed by atoms with E-state index in [1.807, 2.05) is 24.3 Å². The van der Waals surface area contributed by atoms with Crippen molar-refractivity contribution in [1.82, 2.24) is 5.32 Å². The number of carbonyl (C=O) groups excluding carboxylic acids is 1. The fourth-order valence-electron chi connectivity index (χ4n) is 3.46. The van der Waals surface area contributed by atoms with Gasteiger partial charge >= 0.3 is 0 Å². The zero-order chi connectivity index (χ0) is 20.9. The van der Waals surface area contributed by atoms with Crippen LogP contribution in [0.4, 0.5) is 11.4 Å². The molecule has 5 N–H and O–H groups in total. The summed E-state index contributed by atoms with van der Waals surface area (Å²) >= 11 is 0. The van der Waals surface area contributed by atoms with Gasteiger partial charge in [-0.05, 0) is 29.8 Å². The van der Waals surface area contributed by atoms with Gasteiger partial charge in [-0.25, -0.2) is 0 Å². The van der Waals surface area contributed by atoms with E-state index < -0.39 is 12.1 Å². The van der Waals surface area contributed by atoms with E-state index in [-0.39, 0.29) is 11.3 Å². The normalized spacial score (nSPS) is 18.5. The number of hydrogen-bond acceptors (Lipinski definition) is 8. The number of benzene rings is 2. The fraction of sp³-hybridized carbons (Fsp3) is 0.286. The summed E-state index contributed by atoms with van der Waals surface area (Å²) in [5.41, 5.74) is 8.72. The van der Waals surface area contributed by atoms with Gasteiger partial charge in [-0.3, -0.25) is 4.79 Å². The van der Waals surface area contributed by atoms with E-state index in [9.17, 15) is 9.90 Å². The van der Waals surface area contributed by atoms with Crippen molar-refractivity contribution in [1.29, 1.82) is 0 Å². The molecule has 1 fully saturated rings. The van der Waals surface area contributed by atoms with Gasteiger partial charge in [0.05, 0.1) is 24.6 Å². The highest BCUT2D eigenvalue weighted by atomic mass is 16.5. The Balaban J connectivity index is 1.51. The maximum Gasteiger partial charge on any atom is 0.252 e. The van der Waals surface area contributed by atoms with Gasteiger partial charge in [0.25, 0.3) is 5.91 Å². The molecule has 1 unspecified atom stereocenters. The molecule has 1 amide bonds. The molecule has 4 rings (SSSR count). The number of azo groups is 1. The molecule has 2 aromatic rings. The minimum Gasteiger partial charge on any atom is -0.508 e. The number of hydrogen-bond donors (Lipinski definition) is 4. The summed E-state index contributed by atoms with van der Waals surface area (Å²) in [4.78, 5) is 14.4. The summed E-state index contributed by atoms with van der Waals surface area (Å²) in [5, 5.41) is 24.2. The second-order valence-corrected chi connectivity index (χ2v) is 7.03. The Labute approximate surface area is 174 Å². The lowest BCUT2D eigenvalue weighted by Crippen LogP contribution is -2.37. The minimum absolute atomic E-state index is 0.194. The van der Waals surface area contributed by atoms with Crippen molar-refractivity contribution in [3.63, 3.8) is 0 Å². The Morgan fingerprint density at radius 2 is 1.90 bits per heavy atom. The molecule has 1 saturated heterocycles. The van der Waals surface area contributed by atoms with Crippen molar-refractivity contribution in [3.05, 3.63) is 65.5 Å². The Morgan fingerprint density at radius 1 is 1.17 bits per heavy atom. The minimum atomic E-state index is -0.674. The lowest BCUT2D eigenvalue weighted by Gasteiger charge is -2.31. The van der Waals surface area contributed by atoms with Crippen molar-refractivity contribution in [3.8, 4) is 5.75 Å². The van der Waals surface area contributed by atoms with Crippen LogP contribution in [0, 0.1) is 0 Å². The average molecular weight is 408 g/mol. The molecule has 2 heterocycles. The summed E-state index contributed by atoms with van der Waals surface area (Å²) in [5.74, 6) is -0.0500. The summed E-state index contributed by atoms with van der Waals surface area (Å²) in [6, 6.07) is 14.6. The SMILES string of the molecule is NC(=O)C1=C(NCc2ccc(O)cc2)N=NC1Nc1ccccc1N1CCOCC1. The number of phenols is 1. The predicted molar refractivity (Wildman–Crippen MR) is 113 cm³/mol. The number of para-hydroxylation sites is 2. The number of rotatable bonds is 7. The highest BCUT2D eigenvalue weighted by Crippen LogP contribution is 2.30. The summed E-state index contributed by atoms with van der Waals surface area (Å²) < 4.78 is 5.44. The van der Waals surface area contributed by atoms with Crippen molar-refractivity contribution < 1.29 is 14.6 Å². The van der Waals surface area contributed by atoms with Crippen LogP contribution < -0.4 is 21.3 Å². The molecule has 0 bridgehead atoms. The Morgan fingerprint density at radius 3 is 2.63 bits per heavy atom. The number of nitrogens with one attached hydrogen (secondary N) is 2. The monoisotopic (exact) mass is 408 g/mol. The molecule has 0 spiro atoms.